The second kappa shape index (κ2) is 3.95. The maximum Gasteiger partial charge on any atom is 0.277 e. The number of nitrogens with zero attached hydrogens (tertiary/aromatic N) is 2. The van der Waals surface area contributed by atoms with E-state index in [1.807, 2.05) is 6.92 Å². The van der Waals surface area contributed by atoms with Crippen LogP contribution in [0.1, 0.15) is 13.2 Å². The number of hydrogen-bond donors (Lipinski definition) is 4. The first-order valence-corrected chi connectivity index (χ1v) is 4.97. The molecule has 1 unspecified atom stereocenters. The lowest BCUT2D eigenvalue weighted by Crippen LogP contribution is -2.33. The van der Waals surface area contributed by atoms with Crippen LogP contribution in [-0.4, -0.2) is 21.1 Å². The van der Waals surface area contributed by atoms with Crippen LogP contribution in [0.4, 0.5) is 5.82 Å². The van der Waals surface area contributed by atoms with Gasteiger partial charge in [-0.15, -0.1) is 0 Å². The lowest BCUT2D eigenvalue weighted by molar-refractivity contribution is 0.438. The molecule has 0 radical (unpaired) electrons. The summed E-state index contributed by atoms with van der Waals surface area (Å²) in [5.74, 6) is 0.294. The van der Waals surface area contributed by atoms with Gasteiger partial charge in [0.1, 0.15) is 12.1 Å². The van der Waals surface area contributed by atoms with Gasteiger partial charge in [0.2, 0.25) is 0 Å². The van der Waals surface area contributed by atoms with Crippen LogP contribution >= 0.6 is 0 Å². The summed E-state index contributed by atoms with van der Waals surface area (Å²) >= 11 is 0. The summed E-state index contributed by atoms with van der Waals surface area (Å²) in [7, 11) is 0. The van der Waals surface area contributed by atoms with Crippen molar-refractivity contribution in [2.75, 3.05) is 12.3 Å². The summed E-state index contributed by atoms with van der Waals surface area (Å²) in [6.07, 6.45) is 1.10. The number of pyridine rings is 1. The molecule has 0 spiro atoms. The minimum atomic E-state index is -0.420. The standard InChI is InChI=1S/C9H14N6O/c1-2-12-9(11)15-4-13-7-5(15)3-6(10)14-8(7)16/h3-4,9,12H,2,11H2,1H3,(H3,10,14,16). The molecule has 0 aliphatic heterocycles. The van der Waals surface area contributed by atoms with Gasteiger partial charge in [-0.05, 0) is 6.54 Å². The van der Waals surface area contributed by atoms with Gasteiger partial charge < -0.3 is 15.3 Å². The van der Waals surface area contributed by atoms with Crippen LogP contribution in [0, 0.1) is 0 Å². The summed E-state index contributed by atoms with van der Waals surface area (Å²) in [6, 6.07) is 1.64. The van der Waals surface area contributed by atoms with E-state index >= 15 is 0 Å². The first kappa shape index (κ1) is 10.7. The van der Waals surface area contributed by atoms with Crippen molar-refractivity contribution in [2.24, 2.45) is 5.73 Å². The highest BCUT2D eigenvalue weighted by molar-refractivity contribution is 5.76. The molecule has 0 aromatic carbocycles. The molecule has 16 heavy (non-hydrogen) atoms. The summed E-state index contributed by atoms with van der Waals surface area (Å²) in [5, 5.41) is 3.03. The van der Waals surface area contributed by atoms with Gasteiger partial charge in [-0.1, -0.05) is 6.92 Å². The third kappa shape index (κ3) is 1.66. The van der Waals surface area contributed by atoms with Gasteiger partial charge in [-0.25, -0.2) is 4.98 Å². The fourth-order valence-electron chi connectivity index (χ4n) is 1.59. The van der Waals surface area contributed by atoms with Crippen LogP contribution in [0.2, 0.25) is 0 Å². The largest absolute Gasteiger partial charge is 0.385 e. The predicted molar refractivity (Wildman–Crippen MR) is 61.7 cm³/mol. The van der Waals surface area contributed by atoms with Crippen LogP contribution in [0.25, 0.3) is 11.0 Å². The quantitative estimate of drug-likeness (QED) is 0.514. The highest BCUT2D eigenvalue weighted by atomic mass is 16.1. The van der Waals surface area contributed by atoms with E-state index in [1.54, 1.807) is 10.6 Å². The number of H-pyrrole nitrogens is 1. The number of nitrogens with one attached hydrogen (secondary N) is 2. The first-order valence-electron chi connectivity index (χ1n) is 4.97. The molecular formula is C9H14N6O. The summed E-state index contributed by atoms with van der Waals surface area (Å²) in [4.78, 5) is 18.0. The number of fused-ring (bicyclic) bond motifs is 1. The van der Waals surface area contributed by atoms with Gasteiger partial charge in [0.05, 0.1) is 11.8 Å². The van der Waals surface area contributed by atoms with Crippen LogP contribution in [0.5, 0.6) is 0 Å². The van der Waals surface area contributed by atoms with Gasteiger partial charge in [-0.2, -0.15) is 0 Å². The monoisotopic (exact) mass is 222 g/mol. The molecule has 2 heterocycles. The second-order valence-corrected chi connectivity index (χ2v) is 3.44. The van der Waals surface area contributed by atoms with Crippen molar-refractivity contribution in [1.29, 1.82) is 0 Å². The number of anilines is 1. The molecule has 7 heteroatoms. The highest BCUT2D eigenvalue weighted by Crippen LogP contribution is 2.12. The van der Waals surface area contributed by atoms with E-state index < -0.39 is 6.29 Å². The number of aromatic nitrogens is 3. The van der Waals surface area contributed by atoms with Crippen LogP contribution in [0.15, 0.2) is 17.2 Å². The Bertz CT molecular complexity index is 557. The molecule has 0 saturated heterocycles. The topological polar surface area (TPSA) is 115 Å². The fraction of sp³-hybridized carbons (Fsp3) is 0.333. The van der Waals surface area contributed by atoms with Crippen molar-refractivity contribution in [3.63, 3.8) is 0 Å². The van der Waals surface area contributed by atoms with Gasteiger partial charge >= 0.3 is 0 Å². The average Bonchev–Trinajstić information content (AvgIpc) is 2.61. The zero-order valence-electron chi connectivity index (χ0n) is 8.90. The second-order valence-electron chi connectivity index (χ2n) is 3.44. The number of imidazole rings is 1. The maximum absolute atomic E-state index is 11.5. The van der Waals surface area contributed by atoms with Crippen LogP contribution < -0.4 is 22.3 Å². The molecule has 0 aliphatic rings. The van der Waals surface area contributed by atoms with E-state index in [-0.39, 0.29) is 5.56 Å². The molecule has 1 atom stereocenters. The number of aromatic amines is 1. The Morgan fingerprint density at radius 3 is 3.12 bits per heavy atom. The molecule has 86 valence electrons. The molecule has 2 rings (SSSR count). The highest BCUT2D eigenvalue weighted by Gasteiger charge is 2.11. The number of rotatable bonds is 3. The first-order chi connectivity index (χ1) is 7.63. The Hall–Kier alpha value is -1.86. The Kier molecular flexibility index (Phi) is 2.63. The van der Waals surface area contributed by atoms with E-state index in [1.165, 1.54) is 6.33 Å². The lowest BCUT2D eigenvalue weighted by atomic mass is 10.4. The van der Waals surface area contributed by atoms with Crippen molar-refractivity contribution in [3.8, 4) is 0 Å². The van der Waals surface area contributed by atoms with Gasteiger partial charge in [0.25, 0.3) is 5.56 Å². The Morgan fingerprint density at radius 1 is 1.69 bits per heavy atom. The summed E-state index contributed by atoms with van der Waals surface area (Å²) in [5.41, 5.74) is 12.1. The van der Waals surface area contributed by atoms with Gasteiger partial charge in [0, 0.05) is 6.07 Å². The molecule has 2 aromatic rings. The van der Waals surface area contributed by atoms with E-state index in [0.717, 1.165) is 6.54 Å². The van der Waals surface area contributed by atoms with Crippen LogP contribution in [0.3, 0.4) is 0 Å². The predicted octanol–water partition coefficient (Wildman–Crippen LogP) is -0.669. The minimum absolute atomic E-state index is 0.294. The third-order valence-electron chi connectivity index (χ3n) is 2.31. The van der Waals surface area contributed by atoms with Crippen LogP contribution in [-0.2, 0) is 0 Å². The molecule has 7 nitrogen and oxygen atoms in total. The molecular weight excluding hydrogens is 208 g/mol. The van der Waals surface area contributed by atoms with Gasteiger partial charge in [-0.3, -0.25) is 15.8 Å². The van der Waals surface area contributed by atoms with E-state index in [4.69, 9.17) is 11.5 Å². The average molecular weight is 222 g/mol. The SMILES string of the molecule is CCNC(N)n1cnc2c(=O)[nH]c(N)cc21. The molecule has 0 amide bonds. The zero-order chi connectivity index (χ0) is 11.7. The number of hydrogen-bond acceptors (Lipinski definition) is 5. The summed E-state index contributed by atoms with van der Waals surface area (Å²) < 4.78 is 1.67. The van der Waals surface area contributed by atoms with Crippen molar-refractivity contribution >= 4 is 16.9 Å². The van der Waals surface area contributed by atoms with E-state index in [2.05, 4.69) is 15.3 Å². The van der Waals surface area contributed by atoms with Crippen molar-refractivity contribution in [1.82, 2.24) is 19.9 Å². The lowest BCUT2D eigenvalue weighted by Gasteiger charge is -2.14. The van der Waals surface area contributed by atoms with Crippen molar-refractivity contribution < 1.29 is 0 Å². The Morgan fingerprint density at radius 2 is 2.44 bits per heavy atom. The molecule has 0 aliphatic carbocycles. The molecule has 0 bridgehead atoms. The van der Waals surface area contributed by atoms with Crippen molar-refractivity contribution in [2.45, 2.75) is 13.2 Å². The molecule has 0 saturated carbocycles. The van der Waals surface area contributed by atoms with E-state index in [9.17, 15) is 4.79 Å². The normalized spacial score (nSPS) is 13.1. The van der Waals surface area contributed by atoms with E-state index in [0.29, 0.717) is 16.9 Å². The fourth-order valence-corrected chi connectivity index (χ4v) is 1.59. The Labute approximate surface area is 91.5 Å². The molecule has 6 N–H and O–H groups in total. The minimum Gasteiger partial charge on any atom is -0.385 e. The smallest absolute Gasteiger partial charge is 0.277 e. The molecule has 2 aromatic heterocycles. The third-order valence-corrected chi connectivity index (χ3v) is 2.31. The number of nitrogens with two attached hydrogens (primary N) is 2. The maximum atomic E-state index is 11.5. The molecule has 0 fully saturated rings. The number of nitrogen functional groups attached to an aromatic ring is 1. The summed E-state index contributed by atoms with van der Waals surface area (Å²) in [6.45, 7) is 2.67. The Balaban J connectivity index is 2.60. The van der Waals surface area contributed by atoms with Gasteiger partial charge in [0.15, 0.2) is 5.52 Å². The van der Waals surface area contributed by atoms with Crippen molar-refractivity contribution in [3.05, 3.63) is 22.7 Å². The zero-order valence-corrected chi connectivity index (χ0v) is 8.90.